The molecule has 2 N–H and O–H groups in total. The van der Waals surface area contributed by atoms with Crippen LogP contribution >= 0.6 is 0 Å². The molecule has 0 atom stereocenters. The maximum atomic E-state index is 13.2. The van der Waals surface area contributed by atoms with Crippen molar-refractivity contribution in [3.8, 4) is 0 Å². The van der Waals surface area contributed by atoms with Crippen molar-refractivity contribution >= 4 is 34.8 Å². The molecule has 2 amide bonds. The van der Waals surface area contributed by atoms with Crippen LogP contribution in [0.3, 0.4) is 0 Å². The number of anilines is 1. The quantitative estimate of drug-likeness (QED) is 0.292. The average Bonchev–Trinajstić information content (AvgIpc) is 3.68. The van der Waals surface area contributed by atoms with Crippen LogP contribution in [0.1, 0.15) is 58.7 Å². The highest BCUT2D eigenvalue weighted by Gasteiger charge is 2.28. The Morgan fingerprint density at radius 3 is 2.42 bits per heavy atom. The molecule has 3 heterocycles. The summed E-state index contributed by atoms with van der Waals surface area (Å²) in [5.74, 6) is -1.02. The van der Waals surface area contributed by atoms with Crippen LogP contribution in [0, 0.1) is 0 Å². The van der Waals surface area contributed by atoms with Gasteiger partial charge in [-0.2, -0.15) is 4.68 Å². The van der Waals surface area contributed by atoms with E-state index in [1.165, 1.54) is 18.9 Å². The van der Waals surface area contributed by atoms with E-state index in [0.717, 1.165) is 41.7 Å². The van der Waals surface area contributed by atoms with Gasteiger partial charge in [-0.15, -0.1) is 5.10 Å². The van der Waals surface area contributed by atoms with Gasteiger partial charge in [-0.3, -0.25) is 14.5 Å². The number of nitrogens with one attached hydrogen (secondary N) is 2. The van der Waals surface area contributed by atoms with Gasteiger partial charge in [-0.05, 0) is 63.0 Å². The minimum Gasteiger partial charge on any atom is -0.445 e. The minimum absolute atomic E-state index is 0.0245. The lowest BCUT2D eigenvalue weighted by Crippen LogP contribution is -2.40. The van der Waals surface area contributed by atoms with Crippen LogP contribution in [-0.4, -0.2) is 45.7 Å². The number of ether oxygens (including phenoxy) is 1. The first-order valence-corrected chi connectivity index (χ1v) is 13.1. The molecule has 10 nitrogen and oxygen atoms in total. The number of hydrogen-bond donors (Lipinski definition) is 2. The van der Waals surface area contributed by atoms with Crippen molar-refractivity contribution in [3.63, 3.8) is 0 Å². The number of likely N-dealkylation sites (tertiary alicyclic amines) is 1. The van der Waals surface area contributed by atoms with E-state index in [1.807, 2.05) is 56.3 Å². The third kappa shape index (κ3) is 5.67. The Bertz CT molecular complexity index is 1550. The van der Waals surface area contributed by atoms with Gasteiger partial charge >= 0.3 is 6.09 Å². The topological polar surface area (TPSA) is 119 Å². The van der Waals surface area contributed by atoms with Crippen LogP contribution in [0.5, 0.6) is 0 Å². The second-order valence-corrected chi connectivity index (χ2v) is 10.2. The van der Waals surface area contributed by atoms with Crippen LogP contribution in [0.2, 0.25) is 0 Å². The lowest BCUT2D eigenvalue weighted by atomic mass is 9.94. The molecular formula is C30H31N5O5. The van der Waals surface area contributed by atoms with Crippen molar-refractivity contribution in [3.05, 3.63) is 96.0 Å². The molecule has 206 valence electrons. The molecule has 2 aromatic carbocycles. The van der Waals surface area contributed by atoms with E-state index in [9.17, 15) is 14.4 Å². The van der Waals surface area contributed by atoms with Crippen LogP contribution in [0.15, 0.2) is 77.9 Å². The zero-order valence-electron chi connectivity index (χ0n) is 22.5. The van der Waals surface area contributed by atoms with Crippen LogP contribution in [-0.2, 0) is 16.8 Å². The van der Waals surface area contributed by atoms with Gasteiger partial charge in [-0.1, -0.05) is 49.0 Å². The number of amides is 2. The highest BCUT2D eigenvalue weighted by molar-refractivity contribution is 6.08. The Labute approximate surface area is 231 Å². The first-order valence-electron chi connectivity index (χ1n) is 13.1. The molecule has 0 saturated carbocycles. The van der Waals surface area contributed by atoms with E-state index in [0.29, 0.717) is 5.56 Å². The van der Waals surface area contributed by atoms with Gasteiger partial charge in [0.2, 0.25) is 0 Å². The molecule has 4 aromatic rings. The maximum Gasteiger partial charge on any atom is 0.440 e. The number of rotatable bonds is 8. The predicted molar refractivity (Wildman–Crippen MR) is 150 cm³/mol. The number of benzene rings is 2. The minimum atomic E-state index is -0.871. The molecule has 10 heteroatoms. The number of nitrogens with zero attached hydrogens (tertiary/aromatic N) is 3. The first kappa shape index (κ1) is 26.9. The molecule has 2 aromatic heterocycles. The fourth-order valence-electron chi connectivity index (χ4n) is 4.77. The molecule has 1 saturated heterocycles. The zero-order valence-corrected chi connectivity index (χ0v) is 22.5. The van der Waals surface area contributed by atoms with Crippen molar-refractivity contribution in [2.75, 3.05) is 18.4 Å². The van der Waals surface area contributed by atoms with Crippen molar-refractivity contribution < 1.29 is 23.5 Å². The van der Waals surface area contributed by atoms with E-state index in [1.54, 1.807) is 12.1 Å². The third-order valence-corrected chi connectivity index (χ3v) is 6.91. The summed E-state index contributed by atoms with van der Waals surface area (Å²) >= 11 is 0. The van der Waals surface area contributed by atoms with Gasteiger partial charge in [0, 0.05) is 18.2 Å². The van der Waals surface area contributed by atoms with Gasteiger partial charge in [0.15, 0.2) is 17.2 Å². The number of furan rings is 1. The van der Waals surface area contributed by atoms with Gasteiger partial charge in [-0.25, -0.2) is 4.79 Å². The summed E-state index contributed by atoms with van der Waals surface area (Å²) in [7, 11) is 0. The summed E-state index contributed by atoms with van der Waals surface area (Å²) in [6.07, 6.45) is 2.52. The Kier molecular flexibility index (Phi) is 7.52. The molecule has 0 radical (unpaired) electrons. The Balaban J connectivity index is 1.39. The highest BCUT2D eigenvalue weighted by Crippen LogP contribution is 2.29. The molecule has 1 aliphatic heterocycles. The number of hydrogen-bond acceptors (Lipinski definition) is 7. The van der Waals surface area contributed by atoms with Crippen molar-refractivity contribution in [2.45, 2.75) is 38.8 Å². The lowest BCUT2D eigenvalue weighted by Gasteiger charge is -2.26. The molecule has 0 aliphatic carbocycles. The van der Waals surface area contributed by atoms with Crippen molar-refractivity contribution in [2.24, 2.45) is 0 Å². The van der Waals surface area contributed by atoms with E-state index in [-0.39, 0.29) is 22.7 Å². The van der Waals surface area contributed by atoms with Gasteiger partial charge < -0.3 is 19.8 Å². The normalized spacial score (nSPS) is 13.8. The second-order valence-electron chi connectivity index (χ2n) is 10.2. The zero-order chi connectivity index (χ0) is 28.3. The van der Waals surface area contributed by atoms with E-state index in [2.05, 4.69) is 27.2 Å². The number of fused-ring (bicyclic) bond motifs is 1. The Hall–Kier alpha value is -4.70. The Morgan fingerprint density at radius 2 is 1.75 bits per heavy atom. The first-order chi connectivity index (χ1) is 19.2. The van der Waals surface area contributed by atoms with Crippen molar-refractivity contribution in [1.82, 2.24) is 20.0 Å². The van der Waals surface area contributed by atoms with E-state index < -0.39 is 23.4 Å². The fourth-order valence-corrected chi connectivity index (χ4v) is 4.77. The van der Waals surface area contributed by atoms with Crippen molar-refractivity contribution in [1.29, 1.82) is 0 Å². The van der Waals surface area contributed by atoms with Gasteiger partial charge in [0.05, 0.1) is 11.8 Å². The van der Waals surface area contributed by atoms with Crippen LogP contribution in [0.25, 0.3) is 11.1 Å². The van der Waals surface area contributed by atoms with Crippen LogP contribution in [0.4, 0.5) is 10.6 Å². The van der Waals surface area contributed by atoms with E-state index in [4.69, 9.17) is 9.15 Å². The number of aromatic nitrogens is 2. The fraction of sp³-hybridized carbons (Fsp3) is 0.267. The van der Waals surface area contributed by atoms with Gasteiger partial charge in [0.25, 0.3) is 11.8 Å². The average molecular weight is 542 g/mol. The highest BCUT2D eigenvalue weighted by atomic mass is 16.5. The predicted octanol–water partition coefficient (Wildman–Crippen LogP) is 5.27. The third-order valence-electron chi connectivity index (χ3n) is 6.91. The lowest BCUT2D eigenvalue weighted by molar-refractivity contribution is 0.0885. The molecule has 40 heavy (non-hydrogen) atoms. The molecule has 0 unspecified atom stereocenters. The standard InChI is InChI=1S/C30H31N5O5/c1-4-39-29(38)35-23-18-24(28(37)32-30(2,3)22-10-6-5-7-11-22)40-25(23)26(33-35)31-27(36)21-14-12-20(13-15-21)19-34-16-8-9-17-34/h4-7,10-15,18H,1,8-9,16-17,19H2,2-3H3,(H,32,37)(H,31,33,36). The molecule has 1 aliphatic rings. The molecule has 5 rings (SSSR count). The summed E-state index contributed by atoms with van der Waals surface area (Å²) in [6.45, 7) is 10.2. The largest absolute Gasteiger partial charge is 0.445 e. The summed E-state index contributed by atoms with van der Waals surface area (Å²) < 4.78 is 11.6. The molecule has 0 bridgehead atoms. The molecule has 1 fully saturated rings. The monoisotopic (exact) mass is 541 g/mol. The maximum absolute atomic E-state index is 13.2. The second kappa shape index (κ2) is 11.2. The smallest absolute Gasteiger partial charge is 0.440 e. The summed E-state index contributed by atoms with van der Waals surface area (Å²) in [5.41, 5.74) is 1.95. The van der Waals surface area contributed by atoms with Crippen LogP contribution < -0.4 is 10.6 Å². The Morgan fingerprint density at radius 1 is 1.05 bits per heavy atom. The molecular weight excluding hydrogens is 510 g/mol. The van der Waals surface area contributed by atoms with Gasteiger partial charge in [0.1, 0.15) is 5.52 Å². The molecule has 0 spiro atoms. The summed E-state index contributed by atoms with van der Waals surface area (Å²) in [5, 5.41) is 9.81. The SMILES string of the molecule is C=COC(=O)n1nc(NC(=O)c2ccc(CN3CCCC3)cc2)c2oc(C(=O)NC(C)(C)c3ccccc3)cc21. The summed E-state index contributed by atoms with van der Waals surface area (Å²) in [6, 6.07) is 18.2. The van der Waals surface area contributed by atoms with E-state index >= 15 is 0 Å². The summed E-state index contributed by atoms with van der Waals surface area (Å²) in [4.78, 5) is 41.2. The number of carbonyl (C=O) groups is 3. The number of carbonyl (C=O) groups excluding carboxylic acids is 3.